The summed E-state index contributed by atoms with van der Waals surface area (Å²) in [5.41, 5.74) is 4.39. The van der Waals surface area contributed by atoms with Crippen molar-refractivity contribution in [2.75, 3.05) is 0 Å². The largest absolute Gasteiger partial charge is 0.192 e. The SMILES string of the molecule is CC(C)c1ccc(-c2ccc(C#N)c3ccccc23)c(C#N)c1. The van der Waals surface area contributed by atoms with Gasteiger partial charge in [0.15, 0.2) is 0 Å². The smallest absolute Gasteiger partial charge is 0.0998 e. The van der Waals surface area contributed by atoms with Gasteiger partial charge in [-0.25, -0.2) is 0 Å². The van der Waals surface area contributed by atoms with Gasteiger partial charge in [-0.1, -0.05) is 56.3 Å². The van der Waals surface area contributed by atoms with Crippen LogP contribution in [0.15, 0.2) is 54.6 Å². The van der Waals surface area contributed by atoms with Gasteiger partial charge >= 0.3 is 0 Å². The van der Waals surface area contributed by atoms with Crippen LogP contribution in [0, 0.1) is 22.7 Å². The summed E-state index contributed by atoms with van der Waals surface area (Å²) in [5, 5.41) is 20.8. The average molecular weight is 296 g/mol. The molecule has 3 aromatic carbocycles. The molecule has 0 aliphatic carbocycles. The number of benzene rings is 3. The van der Waals surface area contributed by atoms with Crippen molar-refractivity contribution in [1.29, 1.82) is 10.5 Å². The molecule has 110 valence electrons. The molecule has 0 radical (unpaired) electrons. The van der Waals surface area contributed by atoms with E-state index in [-0.39, 0.29) is 0 Å². The first-order valence-corrected chi connectivity index (χ1v) is 7.62. The van der Waals surface area contributed by atoms with Gasteiger partial charge in [-0.15, -0.1) is 0 Å². The highest BCUT2D eigenvalue weighted by Crippen LogP contribution is 2.33. The van der Waals surface area contributed by atoms with Crippen molar-refractivity contribution < 1.29 is 0 Å². The van der Waals surface area contributed by atoms with E-state index in [1.165, 1.54) is 0 Å². The molecule has 3 rings (SSSR count). The fraction of sp³-hybridized carbons (Fsp3) is 0.143. The second kappa shape index (κ2) is 5.95. The number of rotatable bonds is 2. The molecule has 0 fully saturated rings. The first-order chi connectivity index (χ1) is 11.2. The molecule has 0 unspecified atom stereocenters. The third-order valence-corrected chi connectivity index (χ3v) is 4.17. The van der Waals surface area contributed by atoms with Crippen LogP contribution < -0.4 is 0 Å². The van der Waals surface area contributed by atoms with Crippen LogP contribution in [0.4, 0.5) is 0 Å². The highest BCUT2D eigenvalue weighted by molar-refractivity contribution is 6.00. The van der Waals surface area contributed by atoms with Crippen LogP contribution in [0.5, 0.6) is 0 Å². The molecule has 0 aromatic heterocycles. The van der Waals surface area contributed by atoms with E-state index in [0.29, 0.717) is 17.0 Å². The van der Waals surface area contributed by atoms with Crippen LogP contribution in [-0.4, -0.2) is 0 Å². The predicted octanol–water partition coefficient (Wildman–Crippen LogP) is 5.37. The molecule has 23 heavy (non-hydrogen) atoms. The van der Waals surface area contributed by atoms with Gasteiger partial charge in [0.2, 0.25) is 0 Å². The number of nitrogens with zero attached hydrogens (tertiary/aromatic N) is 2. The molecule has 3 aromatic rings. The number of nitriles is 2. The lowest BCUT2D eigenvalue weighted by Gasteiger charge is -2.12. The van der Waals surface area contributed by atoms with E-state index in [4.69, 9.17) is 0 Å². The molecular formula is C21H16N2. The van der Waals surface area contributed by atoms with E-state index < -0.39 is 0 Å². The highest BCUT2D eigenvalue weighted by Gasteiger charge is 2.12. The lowest BCUT2D eigenvalue weighted by Crippen LogP contribution is -1.93. The zero-order valence-corrected chi connectivity index (χ0v) is 13.2. The molecule has 0 saturated heterocycles. The summed E-state index contributed by atoms with van der Waals surface area (Å²) in [4.78, 5) is 0. The zero-order valence-electron chi connectivity index (χ0n) is 13.2. The van der Waals surface area contributed by atoms with Crippen LogP contribution in [0.25, 0.3) is 21.9 Å². The molecule has 0 bridgehead atoms. The van der Waals surface area contributed by atoms with Crippen LogP contribution >= 0.6 is 0 Å². The maximum absolute atomic E-state index is 9.56. The third kappa shape index (κ3) is 2.56. The van der Waals surface area contributed by atoms with Crippen molar-refractivity contribution in [2.24, 2.45) is 0 Å². The standard InChI is InChI=1S/C21H16N2/c1-14(2)15-7-9-19(17(11-15)13-23)21-10-8-16(12-22)18-5-3-4-6-20(18)21/h3-11,14H,1-2H3. The summed E-state index contributed by atoms with van der Waals surface area (Å²) < 4.78 is 0. The highest BCUT2D eigenvalue weighted by atomic mass is 14.3. The van der Waals surface area contributed by atoms with E-state index >= 15 is 0 Å². The van der Waals surface area contributed by atoms with Crippen LogP contribution in [-0.2, 0) is 0 Å². The fourth-order valence-electron chi connectivity index (χ4n) is 2.88. The van der Waals surface area contributed by atoms with Crippen molar-refractivity contribution in [2.45, 2.75) is 19.8 Å². The van der Waals surface area contributed by atoms with Crippen molar-refractivity contribution in [3.05, 3.63) is 71.3 Å². The minimum Gasteiger partial charge on any atom is -0.192 e. The van der Waals surface area contributed by atoms with Gasteiger partial charge in [0, 0.05) is 10.9 Å². The van der Waals surface area contributed by atoms with E-state index in [9.17, 15) is 10.5 Å². The summed E-state index contributed by atoms with van der Waals surface area (Å²) in [5.74, 6) is 0.383. The Morgan fingerprint density at radius 2 is 1.39 bits per heavy atom. The van der Waals surface area contributed by atoms with E-state index in [1.807, 2.05) is 48.5 Å². The molecule has 0 atom stereocenters. The third-order valence-electron chi connectivity index (χ3n) is 4.17. The van der Waals surface area contributed by atoms with E-state index in [2.05, 4.69) is 32.1 Å². The molecule has 0 saturated carbocycles. The molecular weight excluding hydrogens is 280 g/mol. The monoisotopic (exact) mass is 296 g/mol. The molecule has 0 N–H and O–H groups in total. The second-order valence-corrected chi connectivity index (χ2v) is 5.89. The summed E-state index contributed by atoms with van der Waals surface area (Å²) in [7, 11) is 0. The van der Waals surface area contributed by atoms with Crippen molar-refractivity contribution >= 4 is 10.8 Å². The molecule has 2 nitrogen and oxygen atoms in total. The van der Waals surface area contributed by atoms with Gasteiger partial charge in [0.05, 0.1) is 23.3 Å². The Morgan fingerprint density at radius 3 is 2.04 bits per heavy atom. The normalized spacial score (nSPS) is 10.5. The van der Waals surface area contributed by atoms with Crippen LogP contribution in [0.2, 0.25) is 0 Å². The molecule has 0 spiro atoms. The Hall–Kier alpha value is -3.10. The van der Waals surface area contributed by atoms with Gasteiger partial charge in [-0.2, -0.15) is 10.5 Å². The number of fused-ring (bicyclic) bond motifs is 1. The lowest BCUT2D eigenvalue weighted by molar-refractivity contribution is 0.866. The maximum atomic E-state index is 9.56. The Bertz CT molecular complexity index is 969. The predicted molar refractivity (Wildman–Crippen MR) is 92.9 cm³/mol. The Morgan fingerprint density at radius 1 is 0.739 bits per heavy atom. The number of hydrogen-bond acceptors (Lipinski definition) is 2. The number of hydrogen-bond donors (Lipinski definition) is 0. The van der Waals surface area contributed by atoms with Crippen molar-refractivity contribution in [3.8, 4) is 23.3 Å². The van der Waals surface area contributed by atoms with Gasteiger partial charge in [-0.3, -0.25) is 0 Å². The van der Waals surface area contributed by atoms with Gasteiger partial charge in [0.1, 0.15) is 0 Å². The minimum atomic E-state index is 0.383. The Balaban J connectivity index is 2.31. The zero-order chi connectivity index (χ0) is 16.4. The summed E-state index contributed by atoms with van der Waals surface area (Å²) >= 11 is 0. The van der Waals surface area contributed by atoms with E-state index in [1.54, 1.807) is 0 Å². The van der Waals surface area contributed by atoms with Gasteiger partial charge in [0.25, 0.3) is 0 Å². The molecule has 2 heteroatoms. The van der Waals surface area contributed by atoms with Crippen LogP contribution in [0.3, 0.4) is 0 Å². The minimum absolute atomic E-state index is 0.383. The molecule has 0 aliphatic heterocycles. The van der Waals surface area contributed by atoms with Crippen molar-refractivity contribution in [1.82, 2.24) is 0 Å². The average Bonchev–Trinajstić information content (AvgIpc) is 2.60. The van der Waals surface area contributed by atoms with Crippen molar-refractivity contribution in [3.63, 3.8) is 0 Å². The first-order valence-electron chi connectivity index (χ1n) is 7.62. The molecule has 0 aliphatic rings. The fourth-order valence-corrected chi connectivity index (χ4v) is 2.88. The Labute approximate surface area is 136 Å². The quantitative estimate of drug-likeness (QED) is 0.638. The van der Waals surface area contributed by atoms with Crippen LogP contribution in [0.1, 0.15) is 36.5 Å². The Kier molecular flexibility index (Phi) is 3.83. The summed E-state index contributed by atoms with van der Waals surface area (Å²) in [6.45, 7) is 4.24. The maximum Gasteiger partial charge on any atom is 0.0998 e. The first kappa shape index (κ1) is 14.8. The second-order valence-electron chi connectivity index (χ2n) is 5.89. The summed E-state index contributed by atoms with van der Waals surface area (Å²) in [6.07, 6.45) is 0. The van der Waals surface area contributed by atoms with E-state index in [0.717, 1.165) is 27.5 Å². The topological polar surface area (TPSA) is 47.6 Å². The van der Waals surface area contributed by atoms with Gasteiger partial charge < -0.3 is 0 Å². The molecule has 0 heterocycles. The summed E-state index contributed by atoms with van der Waals surface area (Å²) in [6, 6.07) is 22.2. The molecule has 0 amide bonds. The lowest BCUT2D eigenvalue weighted by atomic mass is 9.90. The van der Waals surface area contributed by atoms with Gasteiger partial charge in [-0.05, 0) is 34.6 Å².